The summed E-state index contributed by atoms with van der Waals surface area (Å²) >= 11 is 5.78. The zero-order valence-corrected chi connectivity index (χ0v) is 12.0. The van der Waals surface area contributed by atoms with Gasteiger partial charge in [-0.1, -0.05) is 17.7 Å². The van der Waals surface area contributed by atoms with Crippen LogP contribution >= 0.6 is 11.6 Å². The van der Waals surface area contributed by atoms with Crippen LogP contribution in [0.4, 0.5) is 4.39 Å². The number of carbonyl (C=O) groups excluding carboxylic acids is 1. The van der Waals surface area contributed by atoms with Crippen molar-refractivity contribution in [3.8, 4) is 0 Å². The third-order valence-electron chi connectivity index (χ3n) is 3.02. The average molecular weight is 296 g/mol. The topological polar surface area (TPSA) is 53.5 Å². The van der Waals surface area contributed by atoms with Gasteiger partial charge in [0.15, 0.2) is 0 Å². The van der Waals surface area contributed by atoms with Crippen LogP contribution in [0.3, 0.4) is 0 Å². The summed E-state index contributed by atoms with van der Waals surface area (Å²) in [6, 6.07) is 4.41. The SMILES string of the molecule is CC(C)(NC(=O)C1=CC=NCN1)c1ccc(F)c(Cl)c1. The second kappa shape index (κ2) is 5.63. The highest BCUT2D eigenvalue weighted by molar-refractivity contribution is 6.30. The Hall–Kier alpha value is -1.88. The van der Waals surface area contributed by atoms with Crippen molar-refractivity contribution < 1.29 is 9.18 Å². The Labute approximate surface area is 121 Å². The summed E-state index contributed by atoms with van der Waals surface area (Å²) < 4.78 is 13.2. The zero-order valence-electron chi connectivity index (χ0n) is 11.2. The van der Waals surface area contributed by atoms with Gasteiger partial charge in [0, 0.05) is 6.21 Å². The molecule has 0 unspecified atom stereocenters. The van der Waals surface area contributed by atoms with E-state index in [9.17, 15) is 9.18 Å². The fourth-order valence-electron chi connectivity index (χ4n) is 1.83. The van der Waals surface area contributed by atoms with Crippen molar-refractivity contribution in [1.82, 2.24) is 10.6 Å². The minimum Gasteiger partial charge on any atom is -0.362 e. The second-order valence-corrected chi connectivity index (χ2v) is 5.36. The Kier molecular flexibility index (Phi) is 4.09. The van der Waals surface area contributed by atoms with Crippen LogP contribution in [0, 0.1) is 5.82 Å². The third-order valence-corrected chi connectivity index (χ3v) is 3.31. The molecular formula is C14H15ClFN3O. The molecule has 2 rings (SSSR count). The first-order valence-electron chi connectivity index (χ1n) is 6.12. The van der Waals surface area contributed by atoms with Gasteiger partial charge >= 0.3 is 0 Å². The number of hydrogen-bond donors (Lipinski definition) is 2. The van der Waals surface area contributed by atoms with E-state index in [0.29, 0.717) is 12.4 Å². The van der Waals surface area contributed by atoms with E-state index < -0.39 is 11.4 Å². The van der Waals surface area contributed by atoms with Gasteiger partial charge in [-0.05, 0) is 37.6 Å². The Morgan fingerprint density at radius 3 is 2.85 bits per heavy atom. The van der Waals surface area contributed by atoms with Gasteiger partial charge in [0.1, 0.15) is 18.2 Å². The summed E-state index contributed by atoms with van der Waals surface area (Å²) in [6.07, 6.45) is 3.18. The molecule has 0 aliphatic carbocycles. The highest BCUT2D eigenvalue weighted by atomic mass is 35.5. The van der Waals surface area contributed by atoms with Crippen molar-refractivity contribution >= 4 is 23.7 Å². The van der Waals surface area contributed by atoms with Gasteiger partial charge in [-0.25, -0.2) is 4.39 Å². The molecule has 1 heterocycles. The molecule has 0 saturated heterocycles. The molecule has 106 valence electrons. The van der Waals surface area contributed by atoms with Gasteiger partial charge in [0.05, 0.1) is 10.6 Å². The van der Waals surface area contributed by atoms with Crippen LogP contribution in [-0.4, -0.2) is 18.8 Å². The summed E-state index contributed by atoms with van der Waals surface area (Å²) in [5.74, 6) is -0.730. The molecule has 1 aromatic rings. The lowest BCUT2D eigenvalue weighted by Crippen LogP contribution is -2.44. The summed E-state index contributed by atoms with van der Waals surface area (Å²) in [4.78, 5) is 16.1. The number of rotatable bonds is 3. The van der Waals surface area contributed by atoms with Crippen LogP contribution in [0.1, 0.15) is 19.4 Å². The van der Waals surface area contributed by atoms with Crippen LogP contribution in [0.15, 0.2) is 35.0 Å². The van der Waals surface area contributed by atoms with Gasteiger partial charge in [0.25, 0.3) is 5.91 Å². The normalized spacial score (nSPS) is 14.5. The number of amides is 1. The van der Waals surface area contributed by atoms with E-state index >= 15 is 0 Å². The maximum Gasteiger partial charge on any atom is 0.268 e. The smallest absolute Gasteiger partial charge is 0.268 e. The molecule has 0 fully saturated rings. The lowest BCUT2D eigenvalue weighted by Gasteiger charge is -2.28. The van der Waals surface area contributed by atoms with Gasteiger partial charge in [-0.2, -0.15) is 0 Å². The van der Waals surface area contributed by atoms with E-state index in [1.807, 2.05) is 13.8 Å². The Balaban J connectivity index is 2.17. The van der Waals surface area contributed by atoms with E-state index in [1.165, 1.54) is 12.1 Å². The molecular weight excluding hydrogens is 281 g/mol. The summed E-state index contributed by atoms with van der Waals surface area (Å²) in [5, 5.41) is 5.79. The number of benzene rings is 1. The third kappa shape index (κ3) is 3.17. The number of allylic oxidation sites excluding steroid dienone is 1. The van der Waals surface area contributed by atoms with E-state index in [2.05, 4.69) is 15.6 Å². The number of nitrogens with zero attached hydrogens (tertiary/aromatic N) is 1. The predicted octanol–water partition coefficient (Wildman–Crippen LogP) is 2.35. The van der Waals surface area contributed by atoms with E-state index in [4.69, 9.17) is 11.6 Å². The molecule has 0 spiro atoms. The molecule has 0 saturated carbocycles. The predicted molar refractivity (Wildman–Crippen MR) is 77.2 cm³/mol. The molecule has 2 N–H and O–H groups in total. The largest absolute Gasteiger partial charge is 0.362 e. The molecule has 0 bridgehead atoms. The molecule has 0 radical (unpaired) electrons. The van der Waals surface area contributed by atoms with Crippen LogP contribution in [-0.2, 0) is 10.3 Å². The Morgan fingerprint density at radius 1 is 1.50 bits per heavy atom. The van der Waals surface area contributed by atoms with Gasteiger partial charge in [-0.15, -0.1) is 0 Å². The molecule has 4 nitrogen and oxygen atoms in total. The summed E-state index contributed by atoms with van der Waals surface area (Å²) in [7, 11) is 0. The number of aliphatic imine (C=N–C) groups is 1. The maximum absolute atomic E-state index is 13.2. The van der Waals surface area contributed by atoms with Crippen LogP contribution in [0.5, 0.6) is 0 Å². The quantitative estimate of drug-likeness (QED) is 0.899. The van der Waals surface area contributed by atoms with E-state index in [-0.39, 0.29) is 10.9 Å². The lowest BCUT2D eigenvalue weighted by atomic mass is 9.94. The van der Waals surface area contributed by atoms with Crippen molar-refractivity contribution in [2.45, 2.75) is 19.4 Å². The van der Waals surface area contributed by atoms with Gasteiger partial charge < -0.3 is 10.6 Å². The number of hydrogen-bond acceptors (Lipinski definition) is 3. The highest BCUT2D eigenvalue weighted by Crippen LogP contribution is 2.25. The van der Waals surface area contributed by atoms with Crippen molar-refractivity contribution in [2.75, 3.05) is 6.67 Å². The molecule has 1 aromatic carbocycles. The Morgan fingerprint density at radius 2 is 2.25 bits per heavy atom. The Bertz CT molecular complexity index is 596. The van der Waals surface area contributed by atoms with Crippen LogP contribution < -0.4 is 10.6 Å². The first-order chi connectivity index (χ1) is 9.40. The maximum atomic E-state index is 13.2. The average Bonchev–Trinajstić information content (AvgIpc) is 2.42. The molecule has 1 amide bonds. The second-order valence-electron chi connectivity index (χ2n) is 4.95. The zero-order chi connectivity index (χ0) is 14.8. The minimum absolute atomic E-state index is 0.0342. The summed E-state index contributed by atoms with van der Waals surface area (Å²) in [5.41, 5.74) is 0.495. The van der Waals surface area contributed by atoms with E-state index in [1.54, 1.807) is 18.4 Å². The molecule has 1 aliphatic rings. The minimum atomic E-state index is -0.675. The fraction of sp³-hybridized carbons (Fsp3) is 0.286. The molecule has 0 atom stereocenters. The van der Waals surface area contributed by atoms with Crippen LogP contribution in [0.2, 0.25) is 5.02 Å². The molecule has 6 heteroatoms. The number of carbonyl (C=O) groups is 1. The van der Waals surface area contributed by atoms with Gasteiger partial charge in [0.2, 0.25) is 0 Å². The first-order valence-corrected chi connectivity index (χ1v) is 6.50. The van der Waals surface area contributed by atoms with Crippen molar-refractivity contribution in [3.05, 3.63) is 46.4 Å². The van der Waals surface area contributed by atoms with Crippen LogP contribution in [0.25, 0.3) is 0 Å². The van der Waals surface area contributed by atoms with E-state index in [0.717, 1.165) is 5.56 Å². The van der Waals surface area contributed by atoms with Crippen molar-refractivity contribution in [2.24, 2.45) is 4.99 Å². The monoisotopic (exact) mass is 295 g/mol. The highest BCUT2D eigenvalue weighted by Gasteiger charge is 2.25. The number of nitrogens with one attached hydrogen (secondary N) is 2. The molecule has 0 aromatic heterocycles. The molecule has 20 heavy (non-hydrogen) atoms. The number of halogens is 2. The van der Waals surface area contributed by atoms with Crippen molar-refractivity contribution in [3.63, 3.8) is 0 Å². The fourth-order valence-corrected chi connectivity index (χ4v) is 2.01. The van der Waals surface area contributed by atoms with Crippen molar-refractivity contribution in [1.29, 1.82) is 0 Å². The summed E-state index contributed by atoms with van der Waals surface area (Å²) in [6.45, 7) is 4.03. The first kappa shape index (κ1) is 14.5. The molecule has 1 aliphatic heterocycles. The standard InChI is InChI=1S/C14H15ClFN3O/c1-14(2,9-3-4-11(16)10(15)7-9)19-13(20)12-5-6-17-8-18-12/h3-7,18H,8H2,1-2H3,(H,19,20). The van der Waals surface area contributed by atoms with Gasteiger partial charge in [-0.3, -0.25) is 9.79 Å². The lowest BCUT2D eigenvalue weighted by molar-refractivity contribution is -0.119.